The third-order valence-corrected chi connectivity index (χ3v) is 5.44. The second-order valence-corrected chi connectivity index (χ2v) is 7.67. The lowest BCUT2D eigenvalue weighted by Gasteiger charge is -2.12. The normalized spacial score (nSPS) is 16.0. The van der Waals surface area contributed by atoms with E-state index in [1.165, 1.54) is 31.4 Å². The van der Waals surface area contributed by atoms with Crippen LogP contribution in [0.4, 0.5) is 19.3 Å². The first-order chi connectivity index (χ1) is 15.8. The van der Waals surface area contributed by atoms with Gasteiger partial charge in [-0.25, -0.2) is 0 Å². The molecule has 0 aliphatic carbocycles. The second kappa shape index (κ2) is 9.36. The van der Waals surface area contributed by atoms with Crippen LogP contribution < -0.4 is 24.3 Å². The summed E-state index contributed by atoms with van der Waals surface area (Å²) in [7, 11) is 1.28. The molecule has 1 N–H and O–H groups in total. The van der Waals surface area contributed by atoms with E-state index in [-0.39, 0.29) is 23.2 Å². The van der Waals surface area contributed by atoms with Gasteiger partial charge in [0.25, 0.3) is 11.1 Å². The van der Waals surface area contributed by atoms with E-state index in [0.717, 1.165) is 4.90 Å². The summed E-state index contributed by atoms with van der Waals surface area (Å²) in [6.45, 7) is -3.42. The predicted octanol–water partition coefficient (Wildman–Crippen LogP) is 3.70. The number of hydrogen-bond acceptors (Lipinski definition) is 8. The number of thioether (sulfide) groups is 1. The van der Waals surface area contributed by atoms with Gasteiger partial charge in [0, 0.05) is 11.8 Å². The van der Waals surface area contributed by atoms with Gasteiger partial charge in [0.1, 0.15) is 6.54 Å². The molecule has 0 spiro atoms. The molecule has 0 radical (unpaired) electrons. The minimum Gasteiger partial charge on any atom is -0.493 e. The van der Waals surface area contributed by atoms with Crippen molar-refractivity contribution in [3.63, 3.8) is 0 Å². The molecule has 2 aromatic rings. The Labute approximate surface area is 190 Å². The van der Waals surface area contributed by atoms with Gasteiger partial charge in [-0.3, -0.25) is 19.3 Å². The number of imide groups is 1. The fraction of sp³-hybridized carbons (Fsp3) is 0.190. The first kappa shape index (κ1) is 22.4. The summed E-state index contributed by atoms with van der Waals surface area (Å²) < 4.78 is 44.8. The highest BCUT2D eigenvalue weighted by molar-refractivity contribution is 8.18. The Morgan fingerprint density at radius 2 is 1.97 bits per heavy atom. The predicted molar refractivity (Wildman–Crippen MR) is 113 cm³/mol. The Morgan fingerprint density at radius 1 is 1.18 bits per heavy atom. The molecule has 12 heteroatoms. The Balaban J connectivity index is 1.44. The Bertz CT molecular complexity index is 1160. The molecule has 2 aliphatic heterocycles. The highest BCUT2D eigenvalue weighted by atomic mass is 32.2. The van der Waals surface area contributed by atoms with Gasteiger partial charge >= 0.3 is 6.61 Å². The third kappa shape index (κ3) is 5.00. The first-order valence-electron chi connectivity index (χ1n) is 9.42. The number of benzene rings is 2. The van der Waals surface area contributed by atoms with Crippen molar-refractivity contribution in [2.75, 3.05) is 25.8 Å². The molecule has 2 aliphatic rings. The molecule has 0 aromatic heterocycles. The standard InChI is InChI=1S/C21H16F2N2O7S/c1-29-15-6-11(2-4-14(15)32-20(22)23)7-17-19(27)25(21(28)33-17)9-18(26)24-12-3-5-13-16(8-12)31-10-30-13/h2-8,20H,9-10H2,1H3,(H,24,26)/b17-7-. The van der Waals surface area contributed by atoms with Crippen LogP contribution in [0, 0.1) is 0 Å². The minimum absolute atomic E-state index is 0.0337. The maximum Gasteiger partial charge on any atom is 0.387 e. The van der Waals surface area contributed by atoms with E-state index in [0.29, 0.717) is 34.5 Å². The molecule has 2 heterocycles. The Kier molecular flexibility index (Phi) is 6.36. The van der Waals surface area contributed by atoms with E-state index in [1.54, 1.807) is 18.2 Å². The fourth-order valence-electron chi connectivity index (χ4n) is 3.07. The van der Waals surface area contributed by atoms with Crippen molar-refractivity contribution in [2.45, 2.75) is 6.61 Å². The van der Waals surface area contributed by atoms with Crippen LogP contribution in [0.3, 0.4) is 0 Å². The van der Waals surface area contributed by atoms with E-state index in [2.05, 4.69) is 10.1 Å². The lowest BCUT2D eigenvalue weighted by atomic mass is 10.2. The van der Waals surface area contributed by atoms with Crippen molar-refractivity contribution >= 4 is 40.6 Å². The molecule has 9 nitrogen and oxygen atoms in total. The summed E-state index contributed by atoms with van der Waals surface area (Å²) in [5.74, 6) is -0.341. The number of amides is 3. The number of fused-ring (bicyclic) bond motifs is 1. The number of anilines is 1. The summed E-state index contributed by atoms with van der Waals surface area (Å²) in [4.78, 5) is 38.2. The van der Waals surface area contributed by atoms with Crippen LogP contribution in [-0.2, 0) is 9.59 Å². The van der Waals surface area contributed by atoms with Gasteiger partial charge in [-0.1, -0.05) is 6.07 Å². The molecular formula is C21H16F2N2O7S. The SMILES string of the molecule is COc1cc(/C=C2\SC(=O)N(CC(=O)Nc3ccc4c(c3)OCO4)C2=O)ccc1OC(F)F. The molecular weight excluding hydrogens is 462 g/mol. The molecule has 172 valence electrons. The zero-order chi connectivity index (χ0) is 23.5. The molecule has 0 bridgehead atoms. The summed E-state index contributed by atoms with van der Waals surface area (Å²) in [6, 6.07) is 8.89. The highest BCUT2D eigenvalue weighted by Crippen LogP contribution is 2.36. The fourth-order valence-corrected chi connectivity index (χ4v) is 3.91. The topological polar surface area (TPSA) is 103 Å². The molecule has 3 amide bonds. The van der Waals surface area contributed by atoms with Gasteiger partial charge in [0.15, 0.2) is 23.0 Å². The second-order valence-electron chi connectivity index (χ2n) is 6.67. The largest absolute Gasteiger partial charge is 0.493 e. The third-order valence-electron chi connectivity index (χ3n) is 4.53. The minimum atomic E-state index is -3.02. The number of ether oxygens (including phenoxy) is 4. The number of carbonyl (C=O) groups is 3. The number of rotatable bonds is 7. The summed E-state index contributed by atoms with van der Waals surface area (Å²) in [6.07, 6.45) is 1.40. The van der Waals surface area contributed by atoms with Crippen molar-refractivity contribution in [3.05, 3.63) is 46.9 Å². The van der Waals surface area contributed by atoms with Gasteiger partial charge in [-0.05, 0) is 47.7 Å². The average molecular weight is 478 g/mol. The monoisotopic (exact) mass is 478 g/mol. The molecule has 1 saturated heterocycles. The zero-order valence-electron chi connectivity index (χ0n) is 17.0. The van der Waals surface area contributed by atoms with Crippen molar-refractivity contribution in [1.29, 1.82) is 0 Å². The smallest absolute Gasteiger partial charge is 0.387 e. The summed E-state index contributed by atoms with van der Waals surface area (Å²) >= 11 is 0.659. The van der Waals surface area contributed by atoms with E-state index >= 15 is 0 Å². The molecule has 4 rings (SSSR count). The van der Waals surface area contributed by atoms with Crippen molar-refractivity contribution in [3.8, 4) is 23.0 Å². The highest BCUT2D eigenvalue weighted by Gasteiger charge is 2.36. The van der Waals surface area contributed by atoms with Crippen LogP contribution in [-0.4, -0.2) is 49.0 Å². The number of alkyl halides is 2. The average Bonchev–Trinajstić information content (AvgIpc) is 3.34. The first-order valence-corrected chi connectivity index (χ1v) is 10.2. The van der Waals surface area contributed by atoms with Crippen LogP contribution in [0.1, 0.15) is 5.56 Å². The molecule has 0 saturated carbocycles. The van der Waals surface area contributed by atoms with Crippen LogP contribution in [0.15, 0.2) is 41.3 Å². The van der Waals surface area contributed by atoms with Crippen LogP contribution >= 0.6 is 11.8 Å². The van der Waals surface area contributed by atoms with Crippen molar-refractivity contribution < 1.29 is 42.1 Å². The van der Waals surface area contributed by atoms with E-state index in [4.69, 9.17) is 14.2 Å². The number of nitrogens with zero attached hydrogens (tertiary/aromatic N) is 1. The van der Waals surface area contributed by atoms with Gasteiger partial charge in [0.2, 0.25) is 12.7 Å². The van der Waals surface area contributed by atoms with E-state index < -0.39 is 30.2 Å². The number of methoxy groups -OCH3 is 1. The zero-order valence-corrected chi connectivity index (χ0v) is 17.8. The number of halogens is 2. The van der Waals surface area contributed by atoms with E-state index in [9.17, 15) is 23.2 Å². The lowest BCUT2D eigenvalue weighted by molar-refractivity contribution is -0.127. The Morgan fingerprint density at radius 3 is 2.73 bits per heavy atom. The van der Waals surface area contributed by atoms with Crippen molar-refractivity contribution in [1.82, 2.24) is 4.90 Å². The summed E-state index contributed by atoms with van der Waals surface area (Å²) in [5, 5.41) is 1.99. The van der Waals surface area contributed by atoms with Crippen molar-refractivity contribution in [2.24, 2.45) is 0 Å². The lowest BCUT2D eigenvalue weighted by Crippen LogP contribution is -2.36. The van der Waals surface area contributed by atoms with Crippen LogP contribution in [0.5, 0.6) is 23.0 Å². The van der Waals surface area contributed by atoms with Gasteiger partial charge in [-0.2, -0.15) is 8.78 Å². The van der Waals surface area contributed by atoms with Gasteiger partial charge in [0.05, 0.1) is 12.0 Å². The molecule has 2 aromatic carbocycles. The molecule has 0 unspecified atom stereocenters. The number of nitrogens with one attached hydrogen (secondary N) is 1. The summed E-state index contributed by atoms with van der Waals surface area (Å²) in [5.41, 5.74) is 0.841. The maximum atomic E-state index is 12.7. The van der Waals surface area contributed by atoms with Crippen LogP contribution in [0.25, 0.3) is 6.08 Å². The Hall–Kier alpha value is -3.80. The van der Waals surface area contributed by atoms with Gasteiger partial charge < -0.3 is 24.3 Å². The van der Waals surface area contributed by atoms with E-state index in [1.807, 2.05) is 0 Å². The number of hydrogen-bond donors (Lipinski definition) is 1. The molecule has 1 fully saturated rings. The molecule has 0 atom stereocenters. The molecule has 33 heavy (non-hydrogen) atoms. The van der Waals surface area contributed by atoms with Gasteiger partial charge in [-0.15, -0.1) is 0 Å². The number of carbonyl (C=O) groups excluding carboxylic acids is 3. The maximum absolute atomic E-state index is 12.7. The quantitative estimate of drug-likeness (QED) is 0.601. The van der Waals surface area contributed by atoms with Crippen LogP contribution in [0.2, 0.25) is 0 Å².